The highest BCUT2D eigenvalue weighted by atomic mass is 16.4. The quantitative estimate of drug-likeness (QED) is 0.0443. The lowest BCUT2D eigenvalue weighted by atomic mass is 9.82. The van der Waals surface area contributed by atoms with Gasteiger partial charge in [0.2, 0.25) is 28.7 Å². The Morgan fingerprint density at radius 1 is 0.557 bits per heavy atom. The van der Waals surface area contributed by atoms with Crippen molar-refractivity contribution in [1.82, 2.24) is 0 Å². The topological polar surface area (TPSA) is 195 Å². The van der Waals surface area contributed by atoms with Crippen LogP contribution in [0.5, 0.6) is 51.7 Å². The third-order valence-electron chi connectivity index (χ3n) is 11.4. The molecule has 0 aliphatic heterocycles. The normalized spacial score (nSPS) is 12.4. The predicted octanol–water partition coefficient (Wildman–Crippen LogP) is 10.2. The van der Waals surface area contributed by atoms with E-state index in [1.807, 2.05) is 97.9 Å². The fourth-order valence-electron chi connectivity index (χ4n) is 8.59. The number of phenolic OH excluding ortho intramolecular Hbond substituents is 9. The summed E-state index contributed by atoms with van der Waals surface area (Å²) in [6.45, 7) is 6.15. The van der Waals surface area contributed by atoms with Gasteiger partial charge in [-0.2, -0.15) is 0 Å². The first-order valence-corrected chi connectivity index (χ1v) is 19.1. The zero-order chi connectivity index (χ0) is 43.0. The molecule has 9 rings (SSSR count). The number of benzene rings is 7. The highest BCUT2D eigenvalue weighted by Gasteiger charge is 2.29. The summed E-state index contributed by atoms with van der Waals surface area (Å²) in [5.41, 5.74) is 7.69. The molecule has 9 N–H and O–H groups in total. The summed E-state index contributed by atoms with van der Waals surface area (Å²) in [5, 5.41) is 97.4. The standard InChI is InChI=1S/C50H35BO10/c1-3-10-30-28(4-2)36(31-15-7-8-16-32(31)37(30)24-12-9-13-25(20-24)39-42(53)46(57)49(60)47(58)43(39)54)26-17-18-35-33(21-26)34-22-27(19-23-11-5-6-14-29(23)50(34)61-35)38-40(51)44(55)48(59)45(56)41(38)52/h3-18,20-22,52-60H,2,19H2,1H3/b10-3-. The Morgan fingerprint density at radius 3 is 1.77 bits per heavy atom. The maximum absolute atomic E-state index is 11.1. The molecule has 0 spiro atoms. The maximum atomic E-state index is 11.1. The van der Waals surface area contributed by atoms with Crippen LogP contribution in [0, 0.1) is 0 Å². The molecule has 1 aliphatic carbocycles. The van der Waals surface area contributed by atoms with Gasteiger partial charge in [-0.15, -0.1) is 0 Å². The number of hydrogen-bond acceptors (Lipinski definition) is 10. The Labute approximate surface area is 349 Å². The molecule has 0 bridgehead atoms. The minimum Gasteiger partial charge on any atom is -0.505 e. The van der Waals surface area contributed by atoms with E-state index >= 15 is 0 Å². The van der Waals surface area contributed by atoms with Gasteiger partial charge < -0.3 is 50.4 Å². The molecule has 2 radical (unpaired) electrons. The smallest absolute Gasteiger partial charge is 0.208 e. The van der Waals surface area contributed by atoms with Crippen molar-refractivity contribution in [1.29, 1.82) is 0 Å². The van der Waals surface area contributed by atoms with E-state index in [-0.39, 0.29) is 28.6 Å². The van der Waals surface area contributed by atoms with Crippen LogP contribution >= 0.6 is 0 Å². The van der Waals surface area contributed by atoms with Crippen LogP contribution in [0.25, 0.3) is 90.2 Å². The number of hydrogen-bond donors (Lipinski definition) is 9. The summed E-state index contributed by atoms with van der Waals surface area (Å²) in [6.07, 6.45) is 7.70. The zero-order valence-corrected chi connectivity index (χ0v) is 32.4. The second-order valence-electron chi connectivity index (χ2n) is 14.8. The highest BCUT2D eigenvalue weighted by Crippen LogP contribution is 2.56. The summed E-state index contributed by atoms with van der Waals surface area (Å²) < 4.78 is 6.58. The lowest BCUT2D eigenvalue weighted by molar-refractivity contribution is 0.330. The Hall–Kier alpha value is -8.18. The second-order valence-corrected chi connectivity index (χ2v) is 14.8. The molecule has 0 saturated carbocycles. The van der Waals surface area contributed by atoms with Crippen molar-refractivity contribution in [3.05, 3.63) is 131 Å². The van der Waals surface area contributed by atoms with Gasteiger partial charge in [0.1, 0.15) is 19.2 Å². The van der Waals surface area contributed by atoms with Crippen LogP contribution in [0.3, 0.4) is 0 Å². The van der Waals surface area contributed by atoms with Gasteiger partial charge in [-0.3, -0.25) is 0 Å². The summed E-state index contributed by atoms with van der Waals surface area (Å²) in [5.74, 6) is -7.29. The van der Waals surface area contributed by atoms with Crippen molar-refractivity contribution in [3.8, 4) is 96.5 Å². The molecule has 1 aromatic heterocycles. The van der Waals surface area contributed by atoms with Gasteiger partial charge in [0.05, 0.1) is 5.56 Å². The maximum Gasteiger partial charge on any atom is 0.208 e. The summed E-state index contributed by atoms with van der Waals surface area (Å²) in [4.78, 5) is 0. The Morgan fingerprint density at radius 2 is 1.11 bits per heavy atom. The number of allylic oxidation sites excluding steroid dienone is 2. The highest BCUT2D eigenvalue weighted by molar-refractivity contribution is 6.38. The van der Waals surface area contributed by atoms with E-state index in [0.29, 0.717) is 28.0 Å². The van der Waals surface area contributed by atoms with Gasteiger partial charge in [-0.25, -0.2) is 0 Å². The molecule has 8 aromatic rings. The largest absolute Gasteiger partial charge is 0.505 e. The van der Waals surface area contributed by atoms with Crippen LogP contribution in [-0.2, 0) is 6.42 Å². The second kappa shape index (κ2) is 14.3. The Balaban J connectivity index is 1.30. The molecule has 10 nitrogen and oxygen atoms in total. The minimum atomic E-state index is -1.05. The number of furan rings is 1. The molecule has 1 aliphatic rings. The molecule has 0 unspecified atom stereocenters. The lowest BCUT2D eigenvalue weighted by Gasteiger charge is -2.21. The fourth-order valence-corrected chi connectivity index (χ4v) is 8.59. The average molecular weight is 807 g/mol. The van der Waals surface area contributed by atoms with Crippen molar-refractivity contribution in [2.45, 2.75) is 13.3 Å². The first kappa shape index (κ1) is 38.3. The first-order valence-electron chi connectivity index (χ1n) is 19.1. The van der Waals surface area contributed by atoms with Gasteiger partial charge in [0.15, 0.2) is 23.0 Å². The number of fused-ring (bicyclic) bond motifs is 6. The molecular weight excluding hydrogens is 771 g/mol. The molecule has 0 fully saturated rings. The SMILES string of the molecule is [B]c1c(O)c(O)c(O)c(O)c1C1=Cc2c(oc3ccc(-c4c(C=C)c(/C=C\C)c(-c5cccc(-c6c(O)c(O)c(O)c(O)c6O)c5)c5ccccc45)cc23)-c2ccccc2C1. The number of aromatic hydroxyl groups is 9. The van der Waals surface area contributed by atoms with Crippen LogP contribution in [-0.4, -0.2) is 53.8 Å². The molecule has 0 saturated heterocycles. The van der Waals surface area contributed by atoms with Crippen molar-refractivity contribution in [2.24, 2.45) is 0 Å². The van der Waals surface area contributed by atoms with Gasteiger partial charge >= 0.3 is 0 Å². The molecule has 298 valence electrons. The van der Waals surface area contributed by atoms with E-state index in [2.05, 4.69) is 6.58 Å². The third-order valence-corrected chi connectivity index (χ3v) is 11.4. The molecule has 1 heterocycles. The van der Waals surface area contributed by atoms with Crippen molar-refractivity contribution in [2.75, 3.05) is 0 Å². The van der Waals surface area contributed by atoms with E-state index in [4.69, 9.17) is 12.3 Å². The summed E-state index contributed by atoms with van der Waals surface area (Å²) in [6, 6.07) is 28.2. The van der Waals surface area contributed by atoms with Gasteiger partial charge in [0, 0.05) is 22.1 Å². The molecule has 11 heteroatoms. The third kappa shape index (κ3) is 5.73. The summed E-state index contributed by atoms with van der Waals surface area (Å²) in [7, 11) is 6.30. The van der Waals surface area contributed by atoms with E-state index in [1.165, 1.54) is 0 Å². The van der Waals surface area contributed by atoms with Crippen molar-refractivity contribution < 1.29 is 50.4 Å². The minimum absolute atomic E-state index is 0.0269. The zero-order valence-electron chi connectivity index (χ0n) is 32.4. The number of phenols is 9. The van der Waals surface area contributed by atoms with Crippen LogP contribution in [0.2, 0.25) is 0 Å². The van der Waals surface area contributed by atoms with Crippen LogP contribution < -0.4 is 5.46 Å². The van der Waals surface area contributed by atoms with E-state index < -0.39 is 51.7 Å². The van der Waals surface area contributed by atoms with E-state index in [0.717, 1.165) is 55.1 Å². The van der Waals surface area contributed by atoms with Gasteiger partial charge in [0.25, 0.3) is 0 Å². The van der Waals surface area contributed by atoms with Gasteiger partial charge in [-0.05, 0) is 104 Å². The van der Waals surface area contributed by atoms with Crippen LogP contribution in [0.4, 0.5) is 0 Å². The number of rotatable bonds is 6. The average Bonchev–Trinajstić information content (AvgIpc) is 3.54. The molecular formula is C50H35BO10. The Kier molecular flexibility index (Phi) is 8.98. The van der Waals surface area contributed by atoms with Crippen molar-refractivity contribution >= 4 is 58.9 Å². The van der Waals surface area contributed by atoms with Crippen molar-refractivity contribution in [3.63, 3.8) is 0 Å². The van der Waals surface area contributed by atoms with E-state index in [9.17, 15) is 46.0 Å². The van der Waals surface area contributed by atoms with Gasteiger partial charge in [-0.1, -0.05) is 97.6 Å². The van der Waals surface area contributed by atoms with E-state index in [1.54, 1.807) is 24.3 Å². The monoisotopic (exact) mass is 806 g/mol. The molecule has 61 heavy (non-hydrogen) atoms. The summed E-state index contributed by atoms with van der Waals surface area (Å²) >= 11 is 0. The fraction of sp³-hybridized carbons (Fsp3) is 0.0400. The van der Waals surface area contributed by atoms with Crippen LogP contribution in [0.1, 0.15) is 34.7 Å². The molecule has 7 aromatic carbocycles. The van der Waals surface area contributed by atoms with Crippen LogP contribution in [0.15, 0.2) is 108 Å². The first-order chi connectivity index (χ1) is 29.4. The lowest BCUT2D eigenvalue weighted by Crippen LogP contribution is -2.12. The molecule has 0 atom stereocenters. The molecule has 0 amide bonds. The predicted molar refractivity (Wildman–Crippen MR) is 239 cm³/mol. The Bertz CT molecular complexity index is 3210.